The summed E-state index contributed by atoms with van der Waals surface area (Å²) in [4.78, 5) is 24.7. The van der Waals surface area contributed by atoms with Gasteiger partial charge in [0.2, 0.25) is 15.8 Å². The minimum absolute atomic E-state index is 0.000417. The maximum atomic E-state index is 12.7. The van der Waals surface area contributed by atoms with Gasteiger partial charge in [-0.05, 0) is 68.3 Å². The molecule has 0 saturated heterocycles. The lowest BCUT2D eigenvalue weighted by Gasteiger charge is -2.11. The molecule has 0 atom stereocenters. The monoisotopic (exact) mass is 470 g/mol. The van der Waals surface area contributed by atoms with Crippen molar-refractivity contribution in [3.63, 3.8) is 0 Å². The zero-order valence-electron chi connectivity index (χ0n) is 18.7. The summed E-state index contributed by atoms with van der Waals surface area (Å²) in [6, 6.07) is 15.1. The van der Waals surface area contributed by atoms with E-state index in [2.05, 4.69) is 0 Å². The first-order valence-corrected chi connectivity index (χ1v) is 11.9. The molecule has 0 aliphatic carbocycles. The summed E-state index contributed by atoms with van der Waals surface area (Å²) in [5.41, 5.74) is 3.66. The van der Waals surface area contributed by atoms with Crippen LogP contribution in [0.5, 0.6) is 5.75 Å². The van der Waals surface area contributed by atoms with E-state index >= 15 is 0 Å². The second kappa shape index (κ2) is 10.0. The third kappa shape index (κ3) is 5.88. The number of aryl methyl sites for hydroxylation is 2. The molecule has 3 rings (SSSR count). The number of nitrogens with zero attached hydrogens (tertiary/aromatic N) is 1. The van der Waals surface area contributed by atoms with Crippen LogP contribution in [0.4, 0.5) is 0 Å². The highest BCUT2D eigenvalue weighted by Crippen LogP contribution is 2.22. The Balaban J connectivity index is 1.62. The van der Waals surface area contributed by atoms with Gasteiger partial charge >= 0.3 is 5.97 Å². The van der Waals surface area contributed by atoms with Crippen LogP contribution in [-0.2, 0) is 26.0 Å². The van der Waals surface area contributed by atoms with E-state index in [0.717, 1.165) is 17.7 Å². The van der Waals surface area contributed by atoms with E-state index in [1.807, 2.05) is 30.5 Å². The lowest BCUT2D eigenvalue weighted by Crippen LogP contribution is -2.19. The molecule has 2 aromatic carbocycles. The van der Waals surface area contributed by atoms with Crippen LogP contribution in [-0.4, -0.2) is 38.0 Å². The average molecular weight is 471 g/mol. The summed E-state index contributed by atoms with van der Waals surface area (Å²) in [7, 11) is -3.79. The van der Waals surface area contributed by atoms with Crippen molar-refractivity contribution >= 4 is 21.8 Å². The Kier molecular flexibility index (Phi) is 7.35. The number of hydrogen-bond acceptors (Lipinski definition) is 6. The molecule has 3 aromatic rings. The van der Waals surface area contributed by atoms with Gasteiger partial charge in [-0.3, -0.25) is 4.79 Å². The van der Waals surface area contributed by atoms with E-state index in [-0.39, 0.29) is 17.3 Å². The van der Waals surface area contributed by atoms with Crippen molar-refractivity contribution in [1.82, 2.24) is 4.57 Å². The van der Waals surface area contributed by atoms with Crippen LogP contribution in [0.3, 0.4) is 0 Å². The smallest absolute Gasteiger partial charge is 0.344 e. The molecule has 0 aliphatic heterocycles. The summed E-state index contributed by atoms with van der Waals surface area (Å²) in [6.45, 7) is 4.92. The lowest BCUT2D eigenvalue weighted by atomic mass is 10.1. The fourth-order valence-corrected chi connectivity index (χ4v) is 3.97. The molecule has 0 aliphatic rings. The van der Waals surface area contributed by atoms with E-state index < -0.39 is 22.6 Å². The van der Waals surface area contributed by atoms with Gasteiger partial charge in [-0.15, -0.1) is 0 Å². The van der Waals surface area contributed by atoms with E-state index in [9.17, 15) is 18.0 Å². The van der Waals surface area contributed by atoms with Crippen LogP contribution in [0, 0.1) is 13.8 Å². The molecule has 8 nitrogen and oxygen atoms in total. The van der Waals surface area contributed by atoms with E-state index in [1.54, 1.807) is 37.3 Å². The predicted molar refractivity (Wildman–Crippen MR) is 123 cm³/mol. The number of nitrogens with two attached hydrogens (primary N) is 1. The SMILES string of the molecule is CCc1ccc(OCC(=O)OCC(=O)c2cc(C)n(-c3ccc(S(N)(=O)=O)cc3)c2C)cc1. The predicted octanol–water partition coefficient (Wildman–Crippen LogP) is 3.11. The first-order valence-electron chi connectivity index (χ1n) is 10.3. The Hall–Kier alpha value is -3.43. The summed E-state index contributed by atoms with van der Waals surface area (Å²) in [5, 5.41) is 5.14. The van der Waals surface area contributed by atoms with Crippen LogP contribution < -0.4 is 9.88 Å². The van der Waals surface area contributed by atoms with Gasteiger partial charge in [-0.2, -0.15) is 0 Å². The highest BCUT2D eigenvalue weighted by molar-refractivity contribution is 7.89. The largest absolute Gasteiger partial charge is 0.482 e. The molecule has 0 unspecified atom stereocenters. The van der Waals surface area contributed by atoms with E-state index in [1.165, 1.54) is 12.1 Å². The number of aromatic nitrogens is 1. The molecular weight excluding hydrogens is 444 g/mol. The van der Waals surface area contributed by atoms with Crippen molar-refractivity contribution in [2.45, 2.75) is 32.1 Å². The van der Waals surface area contributed by atoms with Crippen molar-refractivity contribution in [3.8, 4) is 11.4 Å². The Morgan fingerprint density at radius 3 is 2.18 bits per heavy atom. The number of ketones is 1. The Morgan fingerprint density at radius 2 is 1.61 bits per heavy atom. The molecule has 33 heavy (non-hydrogen) atoms. The molecular formula is C24H26N2O6S. The molecule has 174 valence electrons. The summed E-state index contributed by atoms with van der Waals surface area (Å²) in [6.07, 6.45) is 0.909. The number of hydrogen-bond donors (Lipinski definition) is 1. The number of ether oxygens (including phenoxy) is 2. The summed E-state index contributed by atoms with van der Waals surface area (Å²) in [5.74, 6) is -0.445. The van der Waals surface area contributed by atoms with Crippen molar-refractivity contribution in [1.29, 1.82) is 0 Å². The Bertz CT molecular complexity index is 1260. The van der Waals surface area contributed by atoms with Crippen molar-refractivity contribution in [2.75, 3.05) is 13.2 Å². The molecule has 2 N–H and O–H groups in total. The van der Waals surface area contributed by atoms with Crippen LogP contribution in [0.2, 0.25) is 0 Å². The molecule has 0 fully saturated rings. The van der Waals surface area contributed by atoms with Crippen molar-refractivity contribution in [2.24, 2.45) is 5.14 Å². The number of benzene rings is 2. The minimum atomic E-state index is -3.79. The van der Waals surface area contributed by atoms with E-state index in [4.69, 9.17) is 14.6 Å². The number of Topliss-reactive ketones (excluding diaryl/α,β-unsaturated/α-hetero) is 1. The number of primary sulfonamides is 1. The van der Waals surface area contributed by atoms with Crippen LogP contribution in [0.15, 0.2) is 59.5 Å². The zero-order chi connectivity index (χ0) is 24.2. The molecule has 1 heterocycles. The third-order valence-corrected chi connectivity index (χ3v) is 6.14. The zero-order valence-corrected chi connectivity index (χ0v) is 19.5. The maximum Gasteiger partial charge on any atom is 0.344 e. The van der Waals surface area contributed by atoms with Crippen LogP contribution >= 0.6 is 0 Å². The Morgan fingerprint density at radius 1 is 0.970 bits per heavy atom. The van der Waals surface area contributed by atoms with Gasteiger partial charge in [0.05, 0.1) is 4.90 Å². The molecule has 1 aromatic heterocycles. The topological polar surface area (TPSA) is 118 Å². The summed E-state index contributed by atoms with van der Waals surface area (Å²) >= 11 is 0. The third-order valence-electron chi connectivity index (χ3n) is 5.21. The molecule has 0 amide bonds. The molecule has 0 spiro atoms. The van der Waals surface area contributed by atoms with Gasteiger partial charge < -0.3 is 14.0 Å². The van der Waals surface area contributed by atoms with Crippen LogP contribution in [0.1, 0.15) is 34.2 Å². The molecule has 0 saturated carbocycles. The maximum absolute atomic E-state index is 12.7. The molecule has 9 heteroatoms. The van der Waals surface area contributed by atoms with E-state index in [0.29, 0.717) is 22.7 Å². The van der Waals surface area contributed by atoms with Gasteiger partial charge in [-0.1, -0.05) is 19.1 Å². The van der Waals surface area contributed by atoms with Gasteiger partial charge in [0, 0.05) is 22.6 Å². The Labute approximate surface area is 193 Å². The number of carbonyl (C=O) groups is 2. The fourth-order valence-electron chi connectivity index (χ4n) is 3.46. The van der Waals surface area contributed by atoms with Crippen LogP contribution in [0.25, 0.3) is 5.69 Å². The van der Waals surface area contributed by atoms with Crippen molar-refractivity contribution in [3.05, 3.63) is 77.1 Å². The molecule has 0 bridgehead atoms. The highest BCUT2D eigenvalue weighted by atomic mass is 32.2. The normalized spacial score (nSPS) is 11.3. The minimum Gasteiger partial charge on any atom is -0.482 e. The van der Waals surface area contributed by atoms with Gasteiger partial charge in [0.1, 0.15) is 5.75 Å². The standard InChI is InChI=1S/C24H26N2O6S/c1-4-18-5-9-20(10-6-18)31-15-24(28)32-14-23(27)22-13-16(2)26(17(22)3)19-7-11-21(12-8-19)33(25,29)30/h5-13H,4,14-15H2,1-3H3,(H2,25,29,30). The fraction of sp³-hybridized carbons (Fsp3) is 0.250. The lowest BCUT2D eigenvalue weighted by molar-refractivity contribution is -0.144. The average Bonchev–Trinajstić information content (AvgIpc) is 3.09. The number of sulfonamides is 1. The number of rotatable bonds is 9. The number of esters is 1. The molecule has 0 radical (unpaired) electrons. The highest BCUT2D eigenvalue weighted by Gasteiger charge is 2.19. The van der Waals surface area contributed by atoms with Gasteiger partial charge in [0.25, 0.3) is 0 Å². The number of carbonyl (C=O) groups excluding carboxylic acids is 2. The summed E-state index contributed by atoms with van der Waals surface area (Å²) < 4.78 is 35.2. The second-order valence-electron chi connectivity index (χ2n) is 7.53. The first-order chi connectivity index (χ1) is 15.6. The van der Waals surface area contributed by atoms with Crippen molar-refractivity contribution < 1.29 is 27.5 Å². The first kappa shape index (κ1) is 24.2. The van der Waals surface area contributed by atoms with Gasteiger partial charge in [-0.25, -0.2) is 18.4 Å². The van der Waals surface area contributed by atoms with Gasteiger partial charge in [0.15, 0.2) is 13.2 Å². The second-order valence-corrected chi connectivity index (χ2v) is 9.09. The quantitative estimate of drug-likeness (QED) is 0.379.